The molecule has 0 fully saturated rings. The lowest BCUT2D eigenvalue weighted by atomic mass is 10.2. The minimum absolute atomic E-state index is 0.122. The Hall–Kier alpha value is -2.21. The molecule has 1 aromatic heterocycles. The summed E-state index contributed by atoms with van der Waals surface area (Å²) < 4.78 is 26.9. The van der Waals surface area contributed by atoms with Crippen LogP contribution in [0.1, 0.15) is 10.4 Å². The molecule has 7 heteroatoms. The number of nitrogens with one attached hydrogen (secondary N) is 1. The maximum Gasteiger partial charge on any atom is 0.338 e. The predicted octanol–water partition coefficient (Wildman–Crippen LogP) is 3.46. The number of anilines is 2. The van der Waals surface area contributed by atoms with E-state index in [1.807, 2.05) is 0 Å². The van der Waals surface area contributed by atoms with Gasteiger partial charge in [0, 0.05) is 16.9 Å². The second-order valence-corrected chi connectivity index (χ2v) is 4.05. The average molecular weight is 285 g/mol. The van der Waals surface area contributed by atoms with Crippen LogP contribution in [0.5, 0.6) is 0 Å². The van der Waals surface area contributed by atoms with Crippen LogP contribution in [0.3, 0.4) is 0 Å². The lowest BCUT2D eigenvalue weighted by Gasteiger charge is -2.08. The van der Waals surface area contributed by atoms with E-state index in [4.69, 9.17) is 16.7 Å². The van der Waals surface area contributed by atoms with Crippen LogP contribution in [-0.4, -0.2) is 16.1 Å². The van der Waals surface area contributed by atoms with Crippen molar-refractivity contribution in [3.8, 4) is 0 Å². The normalized spacial score (nSPS) is 10.3. The maximum absolute atomic E-state index is 13.8. The standard InChI is InChI=1S/C12H7ClF2N2O2/c13-6-3-7(14)5-8(4-6)17-11-10(15)9(12(18)19)1-2-16-11/h1-5H,(H,16,17)(H,18,19). The van der Waals surface area contributed by atoms with Crippen molar-refractivity contribution in [2.24, 2.45) is 0 Å². The van der Waals surface area contributed by atoms with E-state index >= 15 is 0 Å². The Morgan fingerprint density at radius 1 is 1.32 bits per heavy atom. The number of hydrogen-bond acceptors (Lipinski definition) is 3. The first-order chi connectivity index (χ1) is 8.97. The fourth-order valence-electron chi connectivity index (χ4n) is 1.46. The molecule has 0 atom stereocenters. The molecule has 2 N–H and O–H groups in total. The maximum atomic E-state index is 13.8. The van der Waals surface area contributed by atoms with E-state index in [-0.39, 0.29) is 16.5 Å². The molecule has 2 rings (SSSR count). The SMILES string of the molecule is O=C(O)c1ccnc(Nc2cc(F)cc(Cl)c2)c1F. The molecule has 1 aromatic carbocycles. The number of aromatic carboxylic acids is 1. The molecule has 0 unspecified atom stereocenters. The van der Waals surface area contributed by atoms with Gasteiger partial charge in [0.1, 0.15) is 11.4 Å². The smallest absolute Gasteiger partial charge is 0.338 e. The molecule has 0 saturated carbocycles. The van der Waals surface area contributed by atoms with Gasteiger partial charge in [-0.15, -0.1) is 0 Å². The lowest BCUT2D eigenvalue weighted by Crippen LogP contribution is -2.05. The van der Waals surface area contributed by atoms with Crippen molar-refractivity contribution in [2.45, 2.75) is 0 Å². The highest BCUT2D eigenvalue weighted by Gasteiger charge is 2.15. The van der Waals surface area contributed by atoms with E-state index in [0.717, 1.165) is 24.4 Å². The fraction of sp³-hybridized carbons (Fsp3) is 0. The van der Waals surface area contributed by atoms with E-state index in [1.54, 1.807) is 0 Å². The van der Waals surface area contributed by atoms with Crippen molar-refractivity contribution < 1.29 is 18.7 Å². The van der Waals surface area contributed by atoms with Gasteiger partial charge in [-0.05, 0) is 24.3 Å². The number of hydrogen-bond donors (Lipinski definition) is 2. The van der Waals surface area contributed by atoms with Crippen LogP contribution in [0.2, 0.25) is 5.02 Å². The first kappa shape index (κ1) is 13.2. The van der Waals surface area contributed by atoms with Crippen LogP contribution in [0.15, 0.2) is 30.5 Å². The third-order valence-corrected chi connectivity index (χ3v) is 2.46. The first-order valence-corrected chi connectivity index (χ1v) is 5.46. The number of carboxylic acids is 1. The van der Waals surface area contributed by atoms with Gasteiger partial charge >= 0.3 is 5.97 Å². The minimum Gasteiger partial charge on any atom is -0.478 e. The summed E-state index contributed by atoms with van der Waals surface area (Å²) in [6.45, 7) is 0. The molecule has 0 aliphatic heterocycles. The Morgan fingerprint density at radius 2 is 2.05 bits per heavy atom. The Balaban J connectivity index is 2.38. The van der Waals surface area contributed by atoms with E-state index in [9.17, 15) is 13.6 Å². The lowest BCUT2D eigenvalue weighted by molar-refractivity contribution is 0.0692. The van der Waals surface area contributed by atoms with Crippen LogP contribution in [0.25, 0.3) is 0 Å². The summed E-state index contributed by atoms with van der Waals surface area (Å²) in [7, 11) is 0. The van der Waals surface area contributed by atoms with Crippen LogP contribution in [0, 0.1) is 11.6 Å². The summed E-state index contributed by atoms with van der Waals surface area (Å²) in [5.74, 6) is -3.37. The zero-order valence-electron chi connectivity index (χ0n) is 9.32. The van der Waals surface area contributed by atoms with Crippen LogP contribution < -0.4 is 5.32 Å². The Kier molecular flexibility index (Phi) is 3.62. The highest BCUT2D eigenvalue weighted by atomic mass is 35.5. The summed E-state index contributed by atoms with van der Waals surface area (Å²) in [4.78, 5) is 14.4. The molecule has 0 bridgehead atoms. The van der Waals surface area contributed by atoms with Gasteiger partial charge < -0.3 is 10.4 Å². The second kappa shape index (κ2) is 5.19. The molecule has 4 nitrogen and oxygen atoms in total. The Morgan fingerprint density at radius 3 is 2.68 bits per heavy atom. The van der Waals surface area contributed by atoms with E-state index in [0.29, 0.717) is 0 Å². The second-order valence-electron chi connectivity index (χ2n) is 3.61. The van der Waals surface area contributed by atoms with Gasteiger partial charge in [0.25, 0.3) is 0 Å². The summed E-state index contributed by atoms with van der Waals surface area (Å²) >= 11 is 5.65. The van der Waals surface area contributed by atoms with Gasteiger partial charge in [-0.1, -0.05) is 11.6 Å². The number of rotatable bonds is 3. The zero-order valence-corrected chi connectivity index (χ0v) is 10.1. The molecule has 19 heavy (non-hydrogen) atoms. The van der Waals surface area contributed by atoms with Gasteiger partial charge in [-0.3, -0.25) is 0 Å². The van der Waals surface area contributed by atoms with Crippen molar-refractivity contribution in [3.63, 3.8) is 0 Å². The minimum atomic E-state index is -1.42. The highest BCUT2D eigenvalue weighted by molar-refractivity contribution is 6.30. The number of pyridine rings is 1. The Bertz CT molecular complexity index is 629. The highest BCUT2D eigenvalue weighted by Crippen LogP contribution is 2.23. The number of aromatic nitrogens is 1. The van der Waals surface area contributed by atoms with Gasteiger partial charge in [0.2, 0.25) is 0 Å². The molecule has 2 aromatic rings. The molecular formula is C12H7ClF2N2O2. The first-order valence-electron chi connectivity index (χ1n) is 5.08. The van der Waals surface area contributed by atoms with Crippen LogP contribution in [-0.2, 0) is 0 Å². The Labute approximate surface area is 111 Å². The van der Waals surface area contributed by atoms with Crippen molar-refractivity contribution in [1.82, 2.24) is 4.98 Å². The molecule has 1 heterocycles. The van der Waals surface area contributed by atoms with E-state index in [2.05, 4.69) is 10.3 Å². The van der Waals surface area contributed by atoms with Gasteiger partial charge in [0.15, 0.2) is 11.6 Å². The molecule has 0 amide bonds. The van der Waals surface area contributed by atoms with Gasteiger partial charge in [0.05, 0.1) is 0 Å². The number of carbonyl (C=O) groups is 1. The molecule has 98 valence electrons. The third kappa shape index (κ3) is 2.97. The van der Waals surface area contributed by atoms with Crippen molar-refractivity contribution in [1.29, 1.82) is 0 Å². The molecule has 0 radical (unpaired) electrons. The molecule has 0 spiro atoms. The number of benzene rings is 1. The quantitative estimate of drug-likeness (QED) is 0.906. The fourth-order valence-corrected chi connectivity index (χ4v) is 1.68. The van der Waals surface area contributed by atoms with E-state index in [1.165, 1.54) is 6.07 Å². The summed E-state index contributed by atoms with van der Waals surface area (Å²) in [5, 5.41) is 11.4. The number of carboxylic acid groups (broad SMARTS) is 1. The summed E-state index contributed by atoms with van der Waals surface area (Å²) in [5.41, 5.74) is -0.362. The van der Waals surface area contributed by atoms with Crippen LogP contribution >= 0.6 is 11.6 Å². The van der Waals surface area contributed by atoms with Crippen molar-refractivity contribution in [3.05, 3.63) is 52.7 Å². The summed E-state index contributed by atoms with van der Waals surface area (Å²) in [6.07, 6.45) is 1.13. The average Bonchev–Trinajstić information content (AvgIpc) is 2.30. The van der Waals surface area contributed by atoms with Crippen molar-refractivity contribution >= 4 is 29.1 Å². The third-order valence-electron chi connectivity index (χ3n) is 2.24. The molecule has 0 aliphatic carbocycles. The van der Waals surface area contributed by atoms with Gasteiger partial charge in [-0.2, -0.15) is 0 Å². The van der Waals surface area contributed by atoms with Gasteiger partial charge in [-0.25, -0.2) is 18.6 Å². The zero-order chi connectivity index (χ0) is 14.0. The number of halogens is 3. The molecule has 0 aliphatic rings. The molecular weight excluding hydrogens is 278 g/mol. The predicted molar refractivity (Wildman–Crippen MR) is 65.8 cm³/mol. The largest absolute Gasteiger partial charge is 0.478 e. The molecule has 0 saturated heterocycles. The van der Waals surface area contributed by atoms with E-state index < -0.39 is 23.2 Å². The topological polar surface area (TPSA) is 62.2 Å². The van der Waals surface area contributed by atoms with Crippen LogP contribution in [0.4, 0.5) is 20.3 Å². The summed E-state index contributed by atoms with van der Waals surface area (Å²) in [6, 6.07) is 4.56. The monoisotopic (exact) mass is 284 g/mol. The number of nitrogens with zero attached hydrogens (tertiary/aromatic N) is 1. The van der Waals surface area contributed by atoms with Crippen molar-refractivity contribution in [2.75, 3.05) is 5.32 Å².